The van der Waals surface area contributed by atoms with Crippen molar-refractivity contribution in [2.24, 2.45) is 5.10 Å². The summed E-state index contributed by atoms with van der Waals surface area (Å²) >= 11 is 10.6. The van der Waals surface area contributed by atoms with Gasteiger partial charge in [-0.2, -0.15) is 9.78 Å². The Bertz CT molecular complexity index is 1720. The number of rotatable bonds is 7. The number of halogens is 3. The van der Waals surface area contributed by atoms with Crippen LogP contribution in [0.4, 0.5) is 0 Å². The fourth-order valence-electron chi connectivity index (χ4n) is 3.84. The monoisotopic (exact) mass is 695 g/mol. The van der Waals surface area contributed by atoms with Crippen molar-refractivity contribution in [1.29, 1.82) is 0 Å². The molecule has 6 nitrogen and oxygen atoms in total. The standard InChI is InChI=1S/C29H20Br3N3O3/c1-37-26-13-20(24(32)15-27(26)38-17-19-11-12-21(30)14-23(19)31)16-33-35-28(18-7-3-2-4-8-18)34-25-10-6-5-9-22(25)29(35)36/h2-16H,17H2,1H3. The molecule has 5 rings (SSSR count). The summed E-state index contributed by atoms with van der Waals surface area (Å²) in [6.45, 7) is 0.350. The molecular weight excluding hydrogens is 678 g/mol. The number of fused-ring (bicyclic) bond motifs is 1. The van der Waals surface area contributed by atoms with Gasteiger partial charge in [-0.1, -0.05) is 80.4 Å². The zero-order valence-electron chi connectivity index (χ0n) is 20.1. The van der Waals surface area contributed by atoms with Crippen LogP contribution in [0.2, 0.25) is 0 Å². The summed E-state index contributed by atoms with van der Waals surface area (Å²) < 4.78 is 15.6. The first kappa shape index (κ1) is 26.3. The number of benzene rings is 4. The van der Waals surface area contributed by atoms with Crippen LogP contribution >= 0.6 is 47.8 Å². The molecule has 38 heavy (non-hydrogen) atoms. The van der Waals surface area contributed by atoms with Gasteiger partial charge >= 0.3 is 0 Å². The van der Waals surface area contributed by atoms with Crippen LogP contribution in [0.15, 0.2) is 108 Å². The van der Waals surface area contributed by atoms with Crippen LogP contribution in [-0.2, 0) is 6.61 Å². The molecule has 190 valence electrons. The van der Waals surface area contributed by atoms with E-state index >= 15 is 0 Å². The van der Waals surface area contributed by atoms with Crippen molar-refractivity contribution in [3.05, 3.63) is 120 Å². The van der Waals surface area contributed by atoms with Crippen LogP contribution in [-0.4, -0.2) is 23.0 Å². The lowest BCUT2D eigenvalue weighted by atomic mass is 10.2. The molecule has 1 heterocycles. The minimum absolute atomic E-state index is 0.256. The Hall–Kier alpha value is -3.27. The largest absolute Gasteiger partial charge is 0.493 e. The molecule has 0 radical (unpaired) electrons. The number of methoxy groups -OCH3 is 1. The van der Waals surface area contributed by atoms with Crippen LogP contribution in [0, 0.1) is 0 Å². The number of hydrogen-bond donors (Lipinski definition) is 0. The first-order chi connectivity index (χ1) is 18.4. The lowest BCUT2D eigenvalue weighted by molar-refractivity contribution is 0.283. The van der Waals surface area contributed by atoms with Crippen molar-refractivity contribution in [1.82, 2.24) is 9.66 Å². The molecule has 0 aliphatic rings. The SMILES string of the molecule is COc1cc(C=Nn2c(-c3ccccc3)nc3ccccc3c2=O)c(Br)cc1OCc1ccc(Br)cc1Br. The molecule has 0 spiro atoms. The second-order valence-electron chi connectivity index (χ2n) is 8.23. The van der Waals surface area contributed by atoms with Gasteiger partial charge in [-0.25, -0.2) is 4.98 Å². The molecule has 9 heteroatoms. The highest BCUT2D eigenvalue weighted by atomic mass is 79.9. The van der Waals surface area contributed by atoms with Crippen LogP contribution < -0.4 is 15.0 Å². The smallest absolute Gasteiger partial charge is 0.282 e. The zero-order chi connectivity index (χ0) is 26.6. The predicted octanol–water partition coefficient (Wildman–Crippen LogP) is 7.82. The third-order valence-corrected chi connectivity index (χ3v) is 7.70. The lowest BCUT2D eigenvalue weighted by Crippen LogP contribution is -2.20. The van der Waals surface area contributed by atoms with Crippen molar-refractivity contribution in [3.63, 3.8) is 0 Å². The van der Waals surface area contributed by atoms with Crippen LogP contribution in [0.25, 0.3) is 22.3 Å². The van der Waals surface area contributed by atoms with E-state index in [1.165, 1.54) is 4.68 Å². The Morgan fingerprint density at radius 3 is 2.42 bits per heavy atom. The number of nitrogens with zero attached hydrogens (tertiary/aromatic N) is 3. The van der Waals surface area contributed by atoms with Crippen molar-refractivity contribution in [3.8, 4) is 22.9 Å². The van der Waals surface area contributed by atoms with E-state index in [0.717, 1.165) is 24.5 Å². The van der Waals surface area contributed by atoms with Crippen molar-refractivity contribution >= 4 is 64.9 Å². The number of aromatic nitrogens is 2. The summed E-state index contributed by atoms with van der Waals surface area (Å²) in [5, 5.41) is 5.05. The van der Waals surface area contributed by atoms with Gasteiger partial charge in [-0.15, -0.1) is 0 Å². The van der Waals surface area contributed by atoms with Gasteiger partial charge in [0.25, 0.3) is 5.56 Å². The van der Waals surface area contributed by atoms with Crippen molar-refractivity contribution < 1.29 is 9.47 Å². The Balaban J connectivity index is 1.51. The molecule has 5 aromatic rings. The van der Waals surface area contributed by atoms with Gasteiger partial charge in [0.1, 0.15) is 6.61 Å². The summed E-state index contributed by atoms with van der Waals surface area (Å²) in [6.07, 6.45) is 1.60. The first-order valence-electron chi connectivity index (χ1n) is 11.5. The summed E-state index contributed by atoms with van der Waals surface area (Å²) in [5.41, 5.74) is 2.84. The maximum Gasteiger partial charge on any atom is 0.282 e. The molecule has 0 aliphatic carbocycles. The first-order valence-corrected chi connectivity index (χ1v) is 13.9. The van der Waals surface area contributed by atoms with E-state index < -0.39 is 0 Å². The molecule has 0 unspecified atom stereocenters. The van der Waals surface area contributed by atoms with Gasteiger partial charge in [0.15, 0.2) is 17.3 Å². The van der Waals surface area contributed by atoms with Gasteiger partial charge in [0, 0.05) is 30.1 Å². The van der Waals surface area contributed by atoms with E-state index in [0.29, 0.717) is 40.4 Å². The quantitative estimate of drug-likeness (QED) is 0.163. The lowest BCUT2D eigenvalue weighted by Gasteiger charge is -2.14. The maximum absolute atomic E-state index is 13.4. The van der Waals surface area contributed by atoms with E-state index in [2.05, 4.69) is 52.9 Å². The molecular formula is C29H20Br3N3O3. The van der Waals surface area contributed by atoms with Crippen LogP contribution in [0.1, 0.15) is 11.1 Å². The molecule has 1 aromatic heterocycles. The number of hydrogen-bond acceptors (Lipinski definition) is 5. The Labute approximate surface area is 244 Å². The van der Waals surface area contributed by atoms with Gasteiger partial charge in [0.2, 0.25) is 0 Å². The molecule has 0 fully saturated rings. The van der Waals surface area contributed by atoms with Crippen LogP contribution in [0.5, 0.6) is 11.5 Å². The summed E-state index contributed by atoms with van der Waals surface area (Å²) in [4.78, 5) is 18.2. The number of para-hydroxylation sites is 1. The maximum atomic E-state index is 13.4. The Morgan fingerprint density at radius 2 is 1.66 bits per heavy atom. The minimum Gasteiger partial charge on any atom is -0.493 e. The summed E-state index contributed by atoms with van der Waals surface area (Å²) in [6, 6.07) is 26.3. The normalized spacial score (nSPS) is 11.3. The van der Waals surface area contributed by atoms with E-state index in [1.807, 2.05) is 72.8 Å². The van der Waals surface area contributed by atoms with E-state index in [-0.39, 0.29) is 5.56 Å². The highest BCUT2D eigenvalue weighted by molar-refractivity contribution is 9.11. The van der Waals surface area contributed by atoms with Gasteiger partial charge in [-0.05, 0) is 52.3 Å². The summed E-state index contributed by atoms with van der Waals surface area (Å²) in [7, 11) is 1.58. The van der Waals surface area contributed by atoms with E-state index in [4.69, 9.17) is 14.5 Å². The molecule has 0 amide bonds. The minimum atomic E-state index is -0.256. The third-order valence-electron chi connectivity index (χ3n) is 5.78. The topological polar surface area (TPSA) is 65.7 Å². The second kappa shape index (κ2) is 11.6. The van der Waals surface area contributed by atoms with Gasteiger partial charge in [-0.3, -0.25) is 4.79 Å². The summed E-state index contributed by atoms with van der Waals surface area (Å²) in [5.74, 6) is 1.56. The molecule has 0 atom stereocenters. The predicted molar refractivity (Wildman–Crippen MR) is 161 cm³/mol. The van der Waals surface area contributed by atoms with E-state index in [9.17, 15) is 4.79 Å². The fourth-order valence-corrected chi connectivity index (χ4v) is 5.43. The second-order valence-corrected chi connectivity index (χ2v) is 10.9. The highest BCUT2D eigenvalue weighted by Crippen LogP contribution is 2.34. The molecule has 0 saturated carbocycles. The average molecular weight is 698 g/mol. The fraction of sp³-hybridized carbons (Fsp3) is 0.0690. The molecule has 0 aliphatic heterocycles. The number of ether oxygens (including phenoxy) is 2. The average Bonchev–Trinajstić information content (AvgIpc) is 2.93. The molecule has 0 bridgehead atoms. The highest BCUT2D eigenvalue weighted by Gasteiger charge is 2.14. The molecule has 0 saturated heterocycles. The van der Waals surface area contributed by atoms with Crippen LogP contribution in [0.3, 0.4) is 0 Å². The Morgan fingerprint density at radius 1 is 0.895 bits per heavy atom. The van der Waals surface area contributed by atoms with Crippen molar-refractivity contribution in [2.45, 2.75) is 6.61 Å². The third kappa shape index (κ3) is 5.60. The molecule has 4 aromatic carbocycles. The zero-order valence-corrected chi connectivity index (χ0v) is 24.8. The van der Waals surface area contributed by atoms with Gasteiger partial charge in [0.05, 0.1) is 24.2 Å². The van der Waals surface area contributed by atoms with Crippen molar-refractivity contribution in [2.75, 3.05) is 7.11 Å². The van der Waals surface area contributed by atoms with E-state index in [1.54, 1.807) is 25.5 Å². The molecule has 0 N–H and O–H groups in total. The Kier molecular flexibility index (Phi) is 8.06. The van der Waals surface area contributed by atoms with Gasteiger partial charge < -0.3 is 9.47 Å².